The molecule has 5 atom stereocenters. The topological polar surface area (TPSA) is 26.3 Å². The van der Waals surface area contributed by atoms with Crippen molar-refractivity contribution in [2.45, 2.75) is 39.0 Å². The molecule has 0 radical (unpaired) electrons. The minimum atomic E-state index is 0.174. The Morgan fingerprint density at radius 2 is 1.87 bits per heavy atom. The highest BCUT2D eigenvalue weighted by molar-refractivity contribution is 5.93. The first-order chi connectivity index (χ1) is 11.0. The van der Waals surface area contributed by atoms with Crippen LogP contribution >= 0.6 is 0 Å². The van der Waals surface area contributed by atoms with Crippen LogP contribution in [0.5, 0.6) is 0 Å². The van der Waals surface area contributed by atoms with E-state index in [0.717, 1.165) is 18.1 Å². The largest absolute Gasteiger partial charge is 0.501 e. The summed E-state index contributed by atoms with van der Waals surface area (Å²) in [6.45, 7) is 4.72. The van der Waals surface area contributed by atoms with Crippen molar-refractivity contribution in [3.8, 4) is 0 Å². The van der Waals surface area contributed by atoms with Crippen LogP contribution < -0.4 is 0 Å². The molecule has 2 nitrogen and oxygen atoms in total. The predicted molar refractivity (Wildman–Crippen MR) is 90.9 cm³/mol. The van der Waals surface area contributed by atoms with Gasteiger partial charge in [-0.15, -0.1) is 0 Å². The van der Waals surface area contributed by atoms with Crippen LogP contribution in [-0.2, 0) is 9.53 Å². The normalized spacial score (nSPS) is 38.0. The van der Waals surface area contributed by atoms with E-state index in [1.54, 1.807) is 13.2 Å². The van der Waals surface area contributed by atoms with Gasteiger partial charge in [0.1, 0.15) is 0 Å². The zero-order valence-corrected chi connectivity index (χ0v) is 14.3. The van der Waals surface area contributed by atoms with Crippen molar-refractivity contribution in [2.24, 2.45) is 29.1 Å². The van der Waals surface area contributed by atoms with Gasteiger partial charge in [0, 0.05) is 18.4 Å². The van der Waals surface area contributed by atoms with Gasteiger partial charge in [-0.3, -0.25) is 4.79 Å². The van der Waals surface area contributed by atoms with E-state index in [2.05, 4.69) is 44.2 Å². The van der Waals surface area contributed by atoms with Crippen LogP contribution in [0.1, 0.15) is 44.6 Å². The van der Waals surface area contributed by atoms with E-state index in [9.17, 15) is 4.79 Å². The third-order valence-corrected chi connectivity index (χ3v) is 7.06. The first-order valence-corrected chi connectivity index (χ1v) is 8.85. The summed E-state index contributed by atoms with van der Waals surface area (Å²) < 4.78 is 5.54. The van der Waals surface area contributed by atoms with Gasteiger partial charge in [0.15, 0.2) is 5.78 Å². The number of rotatable bonds is 2. The van der Waals surface area contributed by atoms with E-state index in [4.69, 9.17) is 4.74 Å². The zero-order chi connectivity index (χ0) is 16.2. The molecule has 0 heterocycles. The summed E-state index contributed by atoms with van der Waals surface area (Å²) in [5.74, 6) is 3.52. The molecule has 5 rings (SSSR count). The molecule has 4 aliphatic carbocycles. The molecular formula is C21H26O2. The van der Waals surface area contributed by atoms with Gasteiger partial charge in [-0.1, -0.05) is 44.2 Å². The first-order valence-electron chi connectivity index (χ1n) is 8.85. The lowest BCUT2D eigenvalue weighted by atomic mass is 9.41. The molecule has 0 N–H and O–H groups in total. The molecular weight excluding hydrogens is 284 g/mol. The summed E-state index contributed by atoms with van der Waals surface area (Å²) in [4.78, 5) is 13.0. The number of carbonyl (C=O) groups is 1. The average molecular weight is 310 g/mol. The van der Waals surface area contributed by atoms with Gasteiger partial charge in [0.05, 0.1) is 12.9 Å². The van der Waals surface area contributed by atoms with Gasteiger partial charge in [-0.25, -0.2) is 0 Å². The quantitative estimate of drug-likeness (QED) is 0.799. The molecule has 0 aliphatic heterocycles. The number of hydrogen-bond acceptors (Lipinski definition) is 2. The molecule has 122 valence electrons. The Bertz CT molecular complexity index is 643. The van der Waals surface area contributed by atoms with Crippen molar-refractivity contribution in [1.82, 2.24) is 0 Å². The number of ketones is 1. The first kappa shape index (κ1) is 15.0. The Kier molecular flexibility index (Phi) is 3.40. The molecule has 0 saturated heterocycles. The minimum Gasteiger partial charge on any atom is -0.501 e. The molecule has 3 fully saturated rings. The maximum Gasteiger partial charge on any atom is 0.162 e. The van der Waals surface area contributed by atoms with Gasteiger partial charge in [-0.05, 0) is 47.5 Å². The average Bonchev–Trinajstić information content (AvgIpc) is 2.72. The number of hydrogen-bond donors (Lipinski definition) is 0. The standard InChI is InChI=1S/C21H26O2/c1-21(2)14-9-17-16(13-7-5-4-6-8-13)11-15(23-3)12-19(22)20(17)18(21)10-14/h4-8,12,14,16-18,20H,9-11H2,1-3H3/t14-,16-,17+,18-,20-/m0/s1. The second-order valence-corrected chi connectivity index (χ2v) is 8.22. The Labute approximate surface area is 138 Å². The van der Waals surface area contributed by atoms with Crippen LogP contribution in [0.15, 0.2) is 42.2 Å². The minimum absolute atomic E-state index is 0.174. The maximum absolute atomic E-state index is 13.0. The van der Waals surface area contributed by atoms with Crippen molar-refractivity contribution in [1.29, 1.82) is 0 Å². The van der Waals surface area contributed by atoms with Crippen LogP contribution in [0.4, 0.5) is 0 Å². The predicted octanol–water partition coefficient (Wildman–Crippen LogP) is 4.57. The van der Waals surface area contributed by atoms with E-state index in [1.165, 1.54) is 18.4 Å². The van der Waals surface area contributed by atoms with Gasteiger partial charge in [0.2, 0.25) is 0 Å². The van der Waals surface area contributed by atoms with Gasteiger partial charge < -0.3 is 4.74 Å². The number of carbonyl (C=O) groups excluding carboxylic acids is 1. The van der Waals surface area contributed by atoms with E-state index < -0.39 is 0 Å². The molecule has 1 aromatic carbocycles. The fourth-order valence-electron chi connectivity index (χ4n) is 5.55. The summed E-state index contributed by atoms with van der Waals surface area (Å²) in [5.41, 5.74) is 1.68. The van der Waals surface area contributed by atoms with Crippen LogP contribution in [0.25, 0.3) is 0 Å². The third kappa shape index (κ3) is 2.18. The monoisotopic (exact) mass is 310 g/mol. The Hall–Kier alpha value is -1.57. The highest BCUT2D eigenvalue weighted by Crippen LogP contribution is 2.66. The van der Waals surface area contributed by atoms with Gasteiger partial charge >= 0.3 is 0 Å². The van der Waals surface area contributed by atoms with Crippen LogP contribution in [0.2, 0.25) is 0 Å². The lowest BCUT2D eigenvalue weighted by Crippen LogP contribution is -2.58. The van der Waals surface area contributed by atoms with E-state index in [1.807, 2.05) is 0 Å². The van der Waals surface area contributed by atoms with Crippen molar-refractivity contribution in [3.63, 3.8) is 0 Å². The van der Waals surface area contributed by atoms with Crippen LogP contribution in [-0.4, -0.2) is 12.9 Å². The molecule has 0 unspecified atom stereocenters. The van der Waals surface area contributed by atoms with E-state index in [-0.39, 0.29) is 5.92 Å². The van der Waals surface area contributed by atoms with E-state index >= 15 is 0 Å². The summed E-state index contributed by atoms with van der Waals surface area (Å²) in [6.07, 6.45) is 5.07. The van der Waals surface area contributed by atoms with E-state index in [0.29, 0.717) is 29.0 Å². The smallest absolute Gasteiger partial charge is 0.162 e. The van der Waals surface area contributed by atoms with Crippen LogP contribution in [0, 0.1) is 29.1 Å². The zero-order valence-electron chi connectivity index (χ0n) is 14.3. The Morgan fingerprint density at radius 1 is 1.13 bits per heavy atom. The van der Waals surface area contributed by atoms with Crippen molar-refractivity contribution < 1.29 is 9.53 Å². The summed E-state index contributed by atoms with van der Waals surface area (Å²) in [7, 11) is 1.69. The molecule has 23 heavy (non-hydrogen) atoms. The molecule has 0 amide bonds. The summed E-state index contributed by atoms with van der Waals surface area (Å²) in [5, 5.41) is 0. The second kappa shape index (κ2) is 5.22. The lowest BCUT2D eigenvalue weighted by Gasteiger charge is -2.63. The van der Waals surface area contributed by atoms with Gasteiger partial charge in [0.25, 0.3) is 0 Å². The number of ether oxygens (including phenoxy) is 1. The SMILES string of the molecule is COC1=CC(=O)[C@H]2[C@H](C[C@H]3C[C@@H]2C3(C)C)[C@H](c2ccccc2)C1. The Morgan fingerprint density at radius 3 is 2.52 bits per heavy atom. The fraction of sp³-hybridized carbons (Fsp3) is 0.571. The fourth-order valence-corrected chi connectivity index (χ4v) is 5.55. The molecule has 3 saturated carbocycles. The summed E-state index contributed by atoms with van der Waals surface area (Å²) >= 11 is 0. The molecule has 0 spiro atoms. The molecule has 2 heteroatoms. The maximum atomic E-state index is 13.0. The Balaban J connectivity index is 1.76. The van der Waals surface area contributed by atoms with Crippen molar-refractivity contribution in [3.05, 3.63) is 47.7 Å². The molecule has 4 aliphatic rings. The highest BCUT2D eigenvalue weighted by Gasteiger charge is 2.60. The molecule has 0 aromatic heterocycles. The lowest BCUT2D eigenvalue weighted by molar-refractivity contribution is -0.157. The second-order valence-electron chi connectivity index (χ2n) is 8.22. The number of methoxy groups -OCH3 is 1. The summed E-state index contributed by atoms with van der Waals surface area (Å²) in [6, 6.07) is 10.7. The number of allylic oxidation sites excluding steroid dienone is 2. The highest BCUT2D eigenvalue weighted by atomic mass is 16.5. The van der Waals surface area contributed by atoms with Crippen molar-refractivity contribution >= 4 is 5.78 Å². The molecule has 2 bridgehead atoms. The van der Waals surface area contributed by atoms with Crippen molar-refractivity contribution in [2.75, 3.05) is 7.11 Å². The number of benzene rings is 1. The molecule has 1 aromatic rings. The van der Waals surface area contributed by atoms with Gasteiger partial charge in [-0.2, -0.15) is 0 Å². The third-order valence-electron chi connectivity index (χ3n) is 7.06. The van der Waals surface area contributed by atoms with Crippen LogP contribution in [0.3, 0.4) is 0 Å².